The summed E-state index contributed by atoms with van der Waals surface area (Å²) in [4.78, 5) is 1.47. The van der Waals surface area contributed by atoms with E-state index >= 15 is 0 Å². The molecule has 0 aromatic rings. The van der Waals surface area contributed by atoms with E-state index in [1.54, 1.807) is 0 Å². The molecular formula is C8H12NO2S. The van der Waals surface area contributed by atoms with Crippen molar-refractivity contribution in [1.29, 1.82) is 0 Å². The molecular weight excluding hydrogens is 174 g/mol. The molecule has 0 bridgehead atoms. The smallest absolute Gasteiger partial charge is 0.169 e. The van der Waals surface area contributed by atoms with Crippen LogP contribution in [0.2, 0.25) is 0 Å². The first-order valence-corrected chi connectivity index (χ1v) is 5.89. The van der Waals surface area contributed by atoms with Crippen LogP contribution in [0.4, 0.5) is 0 Å². The number of nitrogens with zero attached hydrogens (tertiary/aromatic N) is 1. The van der Waals surface area contributed by atoms with Gasteiger partial charge in [-0.05, 0) is 19.3 Å². The molecule has 0 aliphatic carbocycles. The molecule has 0 aromatic heterocycles. The van der Waals surface area contributed by atoms with Crippen LogP contribution >= 0.6 is 0 Å². The van der Waals surface area contributed by atoms with E-state index in [2.05, 4.69) is 6.04 Å². The zero-order valence-corrected chi connectivity index (χ0v) is 7.89. The predicted octanol–water partition coefficient (Wildman–Crippen LogP) is 0.390. The van der Waals surface area contributed by atoms with Crippen molar-refractivity contribution in [3.63, 3.8) is 0 Å². The molecule has 3 nitrogen and oxygen atoms in total. The summed E-state index contributed by atoms with van der Waals surface area (Å²) in [5, 5.41) is -0.510. The molecule has 1 atom stereocenters. The highest BCUT2D eigenvalue weighted by atomic mass is 32.2. The molecule has 1 heterocycles. The molecule has 12 heavy (non-hydrogen) atoms. The lowest BCUT2D eigenvalue weighted by Gasteiger charge is -2.30. The molecule has 0 spiro atoms. The zero-order valence-electron chi connectivity index (χ0n) is 7.08. The number of piperidine rings is 1. The number of hydrogen-bond acceptors (Lipinski definition) is 3. The van der Waals surface area contributed by atoms with E-state index in [0.29, 0.717) is 13.0 Å². The van der Waals surface area contributed by atoms with Gasteiger partial charge in [-0.3, -0.25) is 0 Å². The van der Waals surface area contributed by atoms with Gasteiger partial charge in [-0.25, -0.2) is 8.42 Å². The number of hydrogen-bond donors (Lipinski definition) is 0. The maximum absolute atomic E-state index is 11.2. The second-order valence-electron chi connectivity index (χ2n) is 3.09. The van der Waals surface area contributed by atoms with Gasteiger partial charge < -0.3 is 4.90 Å². The van der Waals surface area contributed by atoms with E-state index in [-0.39, 0.29) is 0 Å². The molecule has 1 fully saturated rings. The van der Waals surface area contributed by atoms with Crippen LogP contribution in [0.1, 0.15) is 19.3 Å². The van der Waals surface area contributed by atoms with Gasteiger partial charge in [-0.1, -0.05) is 0 Å². The number of likely N-dealkylation sites (tertiary alicyclic amines) is 1. The molecule has 1 saturated heterocycles. The van der Waals surface area contributed by atoms with E-state index in [4.69, 9.17) is 6.42 Å². The molecule has 0 amide bonds. The molecule has 0 saturated carbocycles. The van der Waals surface area contributed by atoms with Gasteiger partial charge in [0, 0.05) is 25.3 Å². The van der Waals surface area contributed by atoms with Crippen molar-refractivity contribution in [2.75, 3.05) is 12.8 Å². The summed E-state index contributed by atoms with van der Waals surface area (Å²) in [6.45, 7) is 0.640. The maximum atomic E-state index is 11.2. The number of sulfone groups is 1. The lowest BCUT2D eigenvalue weighted by atomic mass is 10.1. The summed E-state index contributed by atoms with van der Waals surface area (Å²) < 4.78 is 22.4. The molecule has 1 unspecified atom stereocenters. The van der Waals surface area contributed by atoms with Gasteiger partial charge in [0.1, 0.15) is 5.37 Å². The first-order valence-electron chi connectivity index (χ1n) is 3.93. The highest BCUT2D eigenvalue weighted by molar-refractivity contribution is 7.91. The fourth-order valence-corrected chi connectivity index (χ4v) is 2.69. The van der Waals surface area contributed by atoms with Crippen LogP contribution in [0.25, 0.3) is 0 Å². The van der Waals surface area contributed by atoms with Crippen molar-refractivity contribution in [1.82, 2.24) is 4.90 Å². The maximum Gasteiger partial charge on any atom is 0.169 e. The monoisotopic (exact) mass is 186 g/mol. The summed E-state index contributed by atoms with van der Waals surface area (Å²) in [6.07, 6.45) is 10.6. The first-order chi connectivity index (χ1) is 5.55. The zero-order chi connectivity index (χ0) is 9.19. The van der Waals surface area contributed by atoms with Crippen molar-refractivity contribution in [3.8, 4) is 6.04 Å². The van der Waals surface area contributed by atoms with E-state index < -0.39 is 15.2 Å². The van der Waals surface area contributed by atoms with Gasteiger partial charge in [0.25, 0.3) is 0 Å². The van der Waals surface area contributed by atoms with Crippen LogP contribution in [0.15, 0.2) is 0 Å². The van der Waals surface area contributed by atoms with E-state index in [9.17, 15) is 8.42 Å². The Morgan fingerprint density at radius 3 is 2.58 bits per heavy atom. The molecule has 0 aromatic carbocycles. The molecule has 1 aliphatic heterocycles. The lowest BCUT2D eigenvalue weighted by Crippen LogP contribution is -2.40. The quantitative estimate of drug-likeness (QED) is 0.556. The third-order valence-electron chi connectivity index (χ3n) is 2.09. The predicted molar refractivity (Wildman–Crippen MR) is 46.3 cm³/mol. The van der Waals surface area contributed by atoms with Crippen molar-refractivity contribution < 1.29 is 8.42 Å². The average molecular weight is 186 g/mol. The Morgan fingerprint density at radius 2 is 2.17 bits per heavy atom. The van der Waals surface area contributed by atoms with Crippen LogP contribution in [-0.4, -0.2) is 31.5 Å². The highest BCUT2D eigenvalue weighted by Crippen LogP contribution is 2.19. The Kier molecular flexibility index (Phi) is 2.63. The minimum absolute atomic E-state index is 0.510. The van der Waals surface area contributed by atoms with E-state index in [1.807, 2.05) is 0 Å². The van der Waals surface area contributed by atoms with Gasteiger partial charge in [-0.2, -0.15) is 0 Å². The summed E-state index contributed by atoms with van der Waals surface area (Å²) in [7, 11) is -3.04. The highest BCUT2D eigenvalue weighted by Gasteiger charge is 2.28. The molecule has 1 aliphatic rings. The molecule has 4 heteroatoms. The van der Waals surface area contributed by atoms with Crippen LogP contribution in [0.5, 0.6) is 0 Å². The van der Waals surface area contributed by atoms with Crippen molar-refractivity contribution in [3.05, 3.63) is 6.42 Å². The lowest BCUT2D eigenvalue weighted by molar-refractivity contribution is 0.287. The van der Waals surface area contributed by atoms with E-state index in [1.165, 1.54) is 11.2 Å². The fourth-order valence-electron chi connectivity index (χ4n) is 1.47. The molecule has 1 rings (SSSR count). The first kappa shape index (κ1) is 9.40. The van der Waals surface area contributed by atoms with Gasteiger partial charge in [0.15, 0.2) is 9.84 Å². The molecule has 67 valence electrons. The Hall–Kier alpha value is -0.690. The normalized spacial score (nSPS) is 25.0. The Labute approximate surface area is 73.7 Å². The molecule has 0 N–H and O–H groups in total. The minimum Gasteiger partial charge on any atom is -0.314 e. The van der Waals surface area contributed by atoms with Gasteiger partial charge in [-0.15, -0.1) is 0 Å². The summed E-state index contributed by atoms with van der Waals surface area (Å²) >= 11 is 0. The standard InChI is InChI=1S/C8H12NO2S/c1-3-9-7-5-4-6-8(9)12(2,10)11/h8H,4-7H2,2H3. The van der Waals surface area contributed by atoms with Crippen molar-refractivity contribution in [2.24, 2.45) is 0 Å². The van der Waals surface area contributed by atoms with Crippen molar-refractivity contribution >= 4 is 9.84 Å². The molecule has 1 radical (unpaired) electrons. The topological polar surface area (TPSA) is 37.4 Å². The van der Waals surface area contributed by atoms with Gasteiger partial charge >= 0.3 is 0 Å². The van der Waals surface area contributed by atoms with Crippen LogP contribution in [-0.2, 0) is 9.84 Å². The average Bonchev–Trinajstić information content (AvgIpc) is 2.03. The second-order valence-corrected chi connectivity index (χ2v) is 5.29. The fraction of sp³-hybridized carbons (Fsp3) is 0.750. The van der Waals surface area contributed by atoms with Gasteiger partial charge in [0.2, 0.25) is 0 Å². The van der Waals surface area contributed by atoms with E-state index in [0.717, 1.165) is 12.8 Å². The third kappa shape index (κ3) is 1.92. The third-order valence-corrected chi connectivity index (χ3v) is 3.56. The Morgan fingerprint density at radius 1 is 1.50 bits per heavy atom. The summed E-state index contributed by atoms with van der Waals surface area (Å²) in [5.41, 5.74) is 0. The number of rotatable bonds is 1. The van der Waals surface area contributed by atoms with Crippen LogP contribution in [0, 0.1) is 12.5 Å². The minimum atomic E-state index is -3.04. The SMILES string of the molecule is [C]#CN1CCCCC1S(C)(=O)=O. The van der Waals surface area contributed by atoms with Crippen LogP contribution in [0.3, 0.4) is 0 Å². The van der Waals surface area contributed by atoms with Gasteiger partial charge in [0.05, 0.1) is 0 Å². The Balaban J connectivity index is 2.81. The largest absolute Gasteiger partial charge is 0.314 e. The van der Waals surface area contributed by atoms with Crippen molar-refractivity contribution in [2.45, 2.75) is 24.6 Å². The Bertz CT molecular complexity index is 289. The summed E-state index contributed by atoms with van der Waals surface area (Å²) in [6, 6.07) is 2.16. The second kappa shape index (κ2) is 3.36. The summed E-state index contributed by atoms with van der Waals surface area (Å²) in [5.74, 6) is 0. The van der Waals surface area contributed by atoms with Crippen LogP contribution < -0.4 is 0 Å².